The molecular weight excluding hydrogens is 953 g/mol. The van der Waals surface area contributed by atoms with Gasteiger partial charge in [-0.1, -0.05) is 23.6 Å². The summed E-state index contributed by atoms with van der Waals surface area (Å²) in [6, 6.07) is 5.94. The van der Waals surface area contributed by atoms with Crippen LogP contribution in [0.25, 0.3) is 22.0 Å². The van der Waals surface area contributed by atoms with Crippen LogP contribution in [0.4, 0.5) is 45.3 Å². The standard InChI is InChI=1S/C42H37ClF9N7O5S2/c1-40(2,66(63,64)24-5-6-24)13-12-23-4-7-25(26-9-11-29(43)34-36(26)58(18-31(46)47)56-39(34)57-65(3,61)62)35(53-23)30(16-20-14-21(44)17-22(45)15-20)54-32(60)19-59-38-33(37(55-59)42(50,51)52)27-8-10-28(27)41(38,48)49/h4,7,9,11,14-15,17,24,27-28,30-31H,5-6,8,10,16,18-19H2,1-3H3,(H,54,60)(H,56,57)/t27-,28+,30-/m0/s1. The first-order valence-electron chi connectivity index (χ1n) is 20.2. The maximum absolute atomic E-state index is 15.8. The maximum atomic E-state index is 15.8. The lowest BCUT2D eigenvalue weighted by atomic mass is 9.73. The molecule has 2 saturated carbocycles. The van der Waals surface area contributed by atoms with Crippen LogP contribution in [0.15, 0.2) is 42.5 Å². The van der Waals surface area contributed by atoms with Crippen molar-refractivity contribution in [2.24, 2.45) is 5.92 Å². The van der Waals surface area contributed by atoms with Crippen molar-refractivity contribution < 1.29 is 61.1 Å². The first-order valence-corrected chi connectivity index (χ1v) is 24.0. The van der Waals surface area contributed by atoms with E-state index in [1.54, 1.807) is 0 Å². The molecule has 3 heterocycles. The molecule has 5 aromatic rings. The predicted octanol–water partition coefficient (Wildman–Crippen LogP) is 8.29. The van der Waals surface area contributed by atoms with Gasteiger partial charge in [-0.05, 0) is 93.7 Å². The van der Waals surface area contributed by atoms with Gasteiger partial charge >= 0.3 is 6.18 Å². The quantitative estimate of drug-likeness (QED) is 0.0882. The molecule has 1 amide bonds. The van der Waals surface area contributed by atoms with Crippen molar-refractivity contribution in [1.82, 2.24) is 29.9 Å². The Balaban J connectivity index is 1.32. The van der Waals surface area contributed by atoms with Crippen LogP contribution in [0.3, 0.4) is 0 Å². The van der Waals surface area contributed by atoms with E-state index in [4.69, 9.17) is 11.6 Å². The molecule has 24 heteroatoms. The third-order valence-corrected chi connectivity index (χ3v) is 15.6. The lowest BCUT2D eigenvalue weighted by Gasteiger charge is -2.34. The number of anilines is 1. The minimum Gasteiger partial charge on any atom is -0.346 e. The number of hydrogen-bond donors (Lipinski definition) is 2. The molecule has 0 spiro atoms. The number of carbonyl (C=O) groups excluding carboxylic acids is 1. The molecule has 352 valence electrons. The fraction of sp³-hybridized carbons (Fsp3) is 0.429. The molecule has 3 atom stereocenters. The molecule has 3 aliphatic carbocycles. The predicted molar refractivity (Wildman–Crippen MR) is 223 cm³/mol. The van der Waals surface area contributed by atoms with Crippen LogP contribution >= 0.6 is 11.6 Å². The number of fused-ring (bicyclic) bond motifs is 4. The van der Waals surface area contributed by atoms with Crippen LogP contribution in [0.2, 0.25) is 5.02 Å². The Bertz CT molecular complexity index is 3090. The Labute approximate surface area is 376 Å². The molecular formula is C42H37ClF9N7O5S2. The number of rotatable bonds is 13. The van der Waals surface area contributed by atoms with Gasteiger partial charge in [0.05, 0.1) is 39.2 Å². The van der Waals surface area contributed by atoms with E-state index in [9.17, 15) is 52.4 Å². The van der Waals surface area contributed by atoms with Gasteiger partial charge in [-0.3, -0.25) is 18.9 Å². The van der Waals surface area contributed by atoms with E-state index in [2.05, 4.69) is 37.1 Å². The second-order valence-electron chi connectivity index (χ2n) is 17.0. The average molecular weight is 990 g/mol. The molecule has 0 unspecified atom stereocenters. The number of amides is 1. The highest BCUT2D eigenvalue weighted by atomic mass is 35.5. The average Bonchev–Trinajstić information content (AvgIpc) is 3.85. The summed E-state index contributed by atoms with van der Waals surface area (Å²) >= 11 is 6.55. The molecule has 3 aromatic heterocycles. The van der Waals surface area contributed by atoms with Gasteiger partial charge in [0.25, 0.3) is 12.3 Å². The molecule has 8 rings (SSSR count). The Morgan fingerprint density at radius 2 is 1.62 bits per heavy atom. The molecule has 0 aliphatic heterocycles. The number of nitrogens with zero attached hydrogens (tertiary/aromatic N) is 5. The van der Waals surface area contributed by atoms with Gasteiger partial charge in [0, 0.05) is 28.7 Å². The third kappa shape index (κ3) is 8.82. The van der Waals surface area contributed by atoms with Crippen LogP contribution < -0.4 is 10.0 Å². The monoisotopic (exact) mass is 989 g/mol. The zero-order valence-corrected chi connectivity index (χ0v) is 37.1. The Morgan fingerprint density at radius 1 is 0.955 bits per heavy atom. The number of pyridine rings is 1. The number of sulfonamides is 1. The van der Waals surface area contributed by atoms with E-state index >= 15 is 8.78 Å². The summed E-state index contributed by atoms with van der Waals surface area (Å²) in [6.07, 6.45) is -7.20. The van der Waals surface area contributed by atoms with E-state index in [-0.39, 0.29) is 61.5 Å². The maximum Gasteiger partial charge on any atom is 0.435 e. The molecule has 0 radical (unpaired) electrons. The van der Waals surface area contributed by atoms with E-state index < -0.39 is 126 Å². The Hall–Kier alpha value is -5.34. The number of nitrogens with one attached hydrogen (secondary N) is 2. The topological polar surface area (TPSA) is 158 Å². The molecule has 12 nitrogen and oxygen atoms in total. The Morgan fingerprint density at radius 3 is 2.21 bits per heavy atom. The van der Waals surface area contributed by atoms with Crippen LogP contribution in [-0.4, -0.2) is 70.0 Å². The summed E-state index contributed by atoms with van der Waals surface area (Å²) in [6.45, 7) is 0.435. The van der Waals surface area contributed by atoms with Crippen molar-refractivity contribution in [3.63, 3.8) is 0 Å². The summed E-state index contributed by atoms with van der Waals surface area (Å²) in [5, 5.41) is 9.10. The van der Waals surface area contributed by atoms with Crippen LogP contribution in [0.5, 0.6) is 0 Å². The van der Waals surface area contributed by atoms with Crippen molar-refractivity contribution in [3.8, 4) is 23.0 Å². The third-order valence-electron chi connectivity index (χ3n) is 11.8. The number of alkyl halides is 7. The summed E-state index contributed by atoms with van der Waals surface area (Å²) in [5.74, 6) is -4.77. The highest BCUT2D eigenvalue weighted by Crippen LogP contribution is 2.64. The number of halogens is 10. The van der Waals surface area contributed by atoms with Gasteiger partial charge in [0.15, 0.2) is 21.3 Å². The molecule has 2 fully saturated rings. The van der Waals surface area contributed by atoms with Crippen molar-refractivity contribution in [3.05, 3.63) is 93.0 Å². The first-order chi connectivity index (χ1) is 30.7. The molecule has 2 aromatic carbocycles. The van der Waals surface area contributed by atoms with Gasteiger partial charge in [0.2, 0.25) is 15.9 Å². The fourth-order valence-corrected chi connectivity index (χ4v) is 11.2. The number of aromatic nitrogens is 5. The van der Waals surface area contributed by atoms with Crippen LogP contribution in [-0.2, 0) is 56.3 Å². The van der Waals surface area contributed by atoms with E-state index in [0.717, 1.165) is 23.1 Å². The van der Waals surface area contributed by atoms with E-state index in [0.29, 0.717) is 18.9 Å². The molecule has 0 bridgehead atoms. The molecule has 0 saturated heterocycles. The van der Waals surface area contributed by atoms with Crippen molar-refractivity contribution >= 4 is 54.1 Å². The van der Waals surface area contributed by atoms with E-state index in [1.807, 2.05) is 0 Å². The van der Waals surface area contributed by atoms with Gasteiger partial charge in [0.1, 0.15) is 40.9 Å². The minimum absolute atomic E-state index is 0.0395. The summed E-state index contributed by atoms with van der Waals surface area (Å²) in [5.41, 5.74) is -4.19. The lowest BCUT2D eigenvalue weighted by Crippen LogP contribution is -2.36. The number of carbonyl (C=O) groups is 1. The molecule has 2 N–H and O–H groups in total. The highest BCUT2D eigenvalue weighted by Gasteiger charge is 2.63. The SMILES string of the molecule is CC(C)(C#Cc1ccc(-c2ccc(Cl)c3c(NS(C)(=O)=O)nn(CC(F)F)c23)c([C@H](Cc2cc(F)cc(F)c2)NC(=O)Cn2nc(C(F)(F)F)c3c2C(F)(F)[C@@H]2CC[C@H]32)n1)S(=O)(=O)C1CC1. The second-order valence-corrected chi connectivity index (χ2v) is 22.0. The summed E-state index contributed by atoms with van der Waals surface area (Å²) < 4.78 is 185. The zero-order chi connectivity index (χ0) is 48.1. The van der Waals surface area contributed by atoms with Gasteiger partial charge in [-0.15, -0.1) is 0 Å². The normalized spacial score (nSPS) is 18.6. The molecule has 3 aliphatic rings. The van der Waals surface area contributed by atoms with Crippen molar-refractivity contribution in [2.75, 3.05) is 11.0 Å². The van der Waals surface area contributed by atoms with Gasteiger partial charge < -0.3 is 5.32 Å². The second kappa shape index (κ2) is 16.5. The smallest absolute Gasteiger partial charge is 0.346 e. The Kier molecular flexibility index (Phi) is 11.8. The van der Waals surface area contributed by atoms with Gasteiger partial charge in [-0.2, -0.15) is 32.1 Å². The fourth-order valence-electron chi connectivity index (χ4n) is 8.64. The van der Waals surface area contributed by atoms with E-state index in [1.165, 1.54) is 38.1 Å². The zero-order valence-electron chi connectivity index (χ0n) is 34.8. The summed E-state index contributed by atoms with van der Waals surface area (Å²) in [7, 11) is -7.88. The summed E-state index contributed by atoms with van der Waals surface area (Å²) in [4.78, 5) is 18.8. The first kappa shape index (κ1) is 47.2. The van der Waals surface area contributed by atoms with Crippen LogP contribution in [0, 0.1) is 29.4 Å². The number of benzene rings is 2. The molecule has 66 heavy (non-hydrogen) atoms. The highest BCUT2D eigenvalue weighted by molar-refractivity contribution is 7.93. The van der Waals surface area contributed by atoms with Gasteiger partial charge in [-0.25, -0.2) is 39.4 Å². The van der Waals surface area contributed by atoms with Crippen molar-refractivity contribution in [2.45, 2.75) is 99.5 Å². The lowest BCUT2D eigenvalue weighted by molar-refractivity contribution is -0.144. The largest absolute Gasteiger partial charge is 0.435 e. The van der Waals surface area contributed by atoms with Crippen LogP contribution in [0.1, 0.15) is 85.4 Å². The minimum atomic E-state index is -5.17. The number of hydrogen-bond acceptors (Lipinski definition) is 8. The van der Waals surface area contributed by atoms with Crippen molar-refractivity contribution in [1.29, 1.82) is 0 Å². The number of sulfone groups is 1.